The van der Waals surface area contributed by atoms with Crippen LogP contribution in [0.1, 0.15) is 5.56 Å². The number of hydrogen-bond donors (Lipinski definition) is 2. The van der Waals surface area contributed by atoms with Gasteiger partial charge in [-0.1, -0.05) is 12.2 Å². The van der Waals surface area contributed by atoms with E-state index in [2.05, 4.69) is 50.9 Å². The van der Waals surface area contributed by atoms with Crippen LogP contribution >= 0.6 is 39.5 Å². The second-order valence-corrected chi connectivity index (χ2v) is 6.60. The normalized spacial score (nSPS) is 10.7. The van der Waals surface area contributed by atoms with Crippen LogP contribution in [0.3, 0.4) is 0 Å². The molecule has 5 heteroatoms. The quantitative estimate of drug-likeness (QED) is 0.640. The summed E-state index contributed by atoms with van der Waals surface area (Å²) in [6.45, 7) is 0. The Kier molecular flexibility index (Phi) is 3.74. The highest BCUT2D eigenvalue weighted by Crippen LogP contribution is 2.29. The molecule has 0 amide bonds. The molecule has 1 heterocycles. The topological polar surface area (TPSA) is 38.0 Å². The maximum Gasteiger partial charge on any atom is 0.104 e. The minimum Gasteiger partial charge on any atom is -0.389 e. The maximum absolute atomic E-state index is 5.63. The van der Waals surface area contributed by atoms with Gasteiger partial charge in [0.15, 0.2) is 0 Å². The van der Waals surface area contributed by atoms with Gasteiger partial charge in [-0.2, -0.15) is 0 Å². The SMILES string of the molecule is NC(=S)c1ccc(Nc2ccc3sccc3c2)c(Br)c1. The molecule has 0 aliphatic heterocycles. The van der Waals surface area contributed by atoms with Crippen molar-refractivity contribution in [3.05, 3.63) is 57.9 Å². The molecule has 0 saturated heterocycles. The van der Waals surface area contributed by atoms with Crippen molar-refractivity contribution in [3.8, 4) is 0 Å². The van der Waals surface area contributed by atoms with Gasteiger partial charge in [0.05, 0.1) is 5.69 Å². The van der Waals surface area contributed by atoms with Crippen molar-refractivity contribution in [1.82, 2.24) is 0 Å². The highest BCUT2D eigenvalue weighted by Gasteiger charge is 2.04. The zero-order chi connectivity index (χ0) is 14.1. The maximum atomic E-state index is 5.63. The number of anilines is 2. The van der Waals surface area contributed by atoms with E-state index in [0.29, 0.717) is 4.99 Å². The molecule has 0 spiro atoms. The fourth-order valence-corrected chi connectivity index (χ4v) is 3.35. The number of hydrogen-bond acceptors (Lipinski definition) is 3. The molecular formula is C15H11BrN2S2. The van der Waals surface area contributed by atoms with Gasteiger partial charge in [0, 0.05) is 20.4 Å². The van der Waals surface area contributed by atoms with E-state index in [1.807, 2.05) is 18.2 Å². The van der Waals surface area contributed by atoms with Crippen LogP contribution in [-0.4, -0.2) is 4.99 Å². The second-order valence-electron chi connectivity index (χ2n) is 4.36. The summed E-state index contributed by atoms with van der Waals surface area (Å²) in [5.41, 5.74) is 8.52. The van der Waals surface area contributed by atoms with Crippen LogP contribution in [0.5, 0.6) is 0 Å². The van der Waals surface area contributed by atoms with E-state index in [0.717, 1.165) is 21.4 Å². The van der Waals surface area contributed by atoms with Gasteiger partial charge in [-0.3, -0.25) is 0 Å². The van der Waals surface area contributed by atoms with Gasteiger partial charge in [-0.05, 0) is 69.2 Å². The van der Waals surface area contributed by atoms with Gasteiger partial charge < -0.3 is 11.1 Å². The summed E-state index contributed by atoms with van der Waals surface area (Å²) in [6.07, 6.45) is 0. The first-order chi connectivity index (χ1) is 9.63. The molecule has 0 radical (unpaired) electrons. The molecule has 0 aliphatic carbocycles. The predicted molar refractivity (Wildman–Crippen MR) is 95.1 cm³/mol. The molecule has 0 saturated carbocycles. The minimum absolute atomic E-state index is 0.400. The third kappa shape index (κ3) is 2.70. The molecular weight excluding hydrogens is 352 g/mol. The smallest absolute Gasteiger partial charge is 0.104 e. The van der Waals surface area contributed by atoms with Crippen molar-refractivity contribution in [2.45, 2.75) is 0 Å². The molecule has 3 aromatic rings. The summed E-state index contributed by atoms with van der Waals surface area (Å²) in [5, 5.41) is 6.74. The Hall–Kier alpha value is -1.43. The first-order valence-electron chi connectivity index (χ1n) is 5.97. The summed E-state index contributed by atoms with van der Waals surface area (Å²) in [7, 11) is 0. The fourth-order valence-electron chi connectivity index (χ4n) is 1.97. The largest absolute Gasteiger partial charge is 0.389 e. The Morgan fingerprint density at radius 2 is 2.00 bits per heavy atom. The highest BCUT2D eigenvalue weighted by atomic mass is 79.9. The Morgan fingerprint density at radius 1 is 1.15 bits per heavy atom. The number of thiocarbonyl (C=S) groups is 1. The summed E-state index contributed by atoms with van der Waals surface area (Å²) in [4.78, 5) is 0.400. The van der Waals surface area contributed by atoms with E-state index in [-0.39, 0.29) is 0 Å². The lowest BCUT2D eigenvalue weighted by Crippen LogP contribution is -2.09. The zero-order valence-corrected chi connectivity index (χ0v) is 13.6. The third-order valence-electron chi connectivity index (χ3n) is 2.99. The first kappa shape index (κ1) is 13.5. The van der Waals surface area contributed by atoms with Crippen molar-refractivity contribution in [2.75, 3.05) is 5.32 Å². The van der Waals surface area contributed by atoms with Crippen LogP contribution in [-0.2, 0) is 0 Å². The summed E-state index contributed by atoms with van der Waals surface area (Å²) >= 11 is 10.3. The molecule has 3 N–H and O–H groups in total. The second kappa shape index (κ2) is 5.52. The molecule has 0 unspecified atom stereocenters. The molecule has 3 rings (SSSR count). The van der Waals surface area contributed by atoms with Crippen molar-refractivity contribution >= 4 is 65.9 Å². The number of nitrogens with two attached hydrogens (primary N) is 1. The van der Waals surface area contributed by atoms with Gasteiger partial charge in [-0.25, -0.2) is 0 Å². The van der Waals surface area contributed by atoms with E-state index in [1.54, 1.807) is 11.3 Å². The van der Waals surface area contributed by atoms with E-state index in [4.69, 9.17) is 18.0 Å². The Labute approximate surface area is 134 Å². The third-order valence-corrected chi connectivity index (χ3v) is 4.77. The summed E-state index contributed by atoms with van der Waals surface area (Å²) < 4.78 is 2.23. The van der Waals surface area contributed by atoms with Gasteiger partial charge in [-0.15, -0.1) is 11.3 Å². The highest BCUT2D eigenvalue weighted by molar-refractivity contribution is 9.10. The zero-order valence-electron chi connectivity index (χ0n) is 10.4. The minimum atomic E-state index is 0.400. The molecule has 100 valence electrons. The Balaban J connectivity index is 1.92. The standard InChI is InChI=1S/C15H11BrN2S2/c16-12-8-10(15(17)19)1-3-13(12)18-11-2-4-14-9(7-11)5-6-20-14/h1-8,18H,(H2,17,19). The number of benzene rings is 2. The van der Waals surface area contributed by atoms with E-state index in [1.165, 1.54) is 10.1 Å². The van der Waals surface area contributed by atoms with Crippen LogP contribution in [0.4, 0.5) is 11.4 Å². The van der Waals surface area contributed by atoms with Gasteiger partial charge in [0.25, 0.3) is 0 Å². The van der Waals surface area contributed by atoms with Crippen molar-refractivity contribution < 1.29 is 0 Å². The lowest BCUT2D eigenvalue weighted by Gasteiger charge is -2.10. The molecule has 0 bridgehead atoms. The average Bonchev–Trinajstić information content (AvgIpc) is 2.88. The fraction of sp³-hybridized carbons (Fsp3) is 0. The summed E-state index contributed by atoms with van der Waals surface area (Å²) in [6, 6.07) is 14.3. The molecule has 0 aliphatic rings. The first-order valence-corrected chi connectivity index (χ1v) is 8.05. The van der Waals surface area contributed by atoms with E-state index in [9.17, 15) is 0 Å². The molecule has 0 atom stereocenters. The van der Waals surface area contributed by atoms with Crippen molar-refractivity contribution in [1.29, 1.82) is 0 Å². The van der Waals surface area contributed by atoms with Gasteiger partial charge >= 0.3 is 0 Å². The van der Waals surface area contributed by atoms with E-state index < -0.39 is 0 Å². The average molecular weight is 363 g/mol. The molecule has 1 aromatic heterocycles. The lowest BCUT2D eigenvalue weighted by atomic mass is 10.2. The lowest BCUT2D eigenvalue weighted by molar-refractivity contribution is 1.52. The number of fused-ring (bicyclic) bond motifs is 1. The van der Waals surface area contributed by atoms with Gasteiger partial charge in [0.1, 0.15) is 4.99 Å². The molecule has 0 fully saturated rings. The predicted octanol–water partition coefficient (Wildman–Crippen LogP) is 5.04. The van der Waals surface area contributed by atoms with Crippen LogP contribution in [0.2, 0.25) is 0 Å². The Bertz CT molecular complexity index is 795. The monoisotopic (exact) mass is 362 g/mol. The molecule has 2 aromatic carbocycles. The molecule has 2 nitrogen and oxygen atoms in total. The van der Waals surface area contributed by atoms with E-state index >= 15 is 0 Å². The Morgan fingerprint density at radius 3 is 2.75 bits per heavy atom. The van der Waals surface area contributed by atoms with Crippen LogP contribution in [0, 0.1) is 0 Å². The number of thiophene rings is 1. The summed E-state index contributed by atoms with van der Waals surface area (Å²) in [5.74, 6) is 0. The molecule has 20 heavy (non-hydrogen) atoms. The van der Waals surface area contributed by atoms with Gasteiger partial charge in [0.2, 0.25) is 0 Å². The van der Waals surface area contributed by atoms with Crippen molar-refractivity contribution in [2.24, 2.45) is 5.73 Å². The van der Waals surface area contributed by atoms with Crippen LogP contribution in [0.15, 0.2) is 52.3 Å². The number of nitrogens with one attached hydrogen (secondary N) is 1. The van der Waals surface area contributed by atoms with Crippen LogP contribution in [0.25, 0.3) is 10.1 Å². The van der Waals surface area contributed by atoms with Crippen LogP contribution < -0.4 is 11.1 Å². The van der Waals surface area contributed by atoms with Crippen molar-refractivity contribution in [3.63, 3.8) is 0 Å². The number of rotatable bonds is 3. The number of halogens is 1.